The Morgan fingerprint density at radius 3 is 2.50 bits per heavy atom. The number of carbonyl (C=O) groups excluding carboxylic acids is 1. The van der Waals surface area contributed by atoms with Gasteiger partial charge >= 0.3 is 5.97 Å². The van der Waals surface area contributed by atoms with E-state index >= 15 is 0 Å². The number of rotatable bonds is 6. The minimum atomic E-state index is -0.498. The third-order valence-corrected chi connectivity index (χ3v) is 2.55. The number of hydrogen-bond acceptors (Lipinski definition) is 5. The summed E-state index contributed by atoms with van der Waals surface area (Å²) in [5.41, 5.74) is 1.81. The molecule has 0 aliphatic heterocycles. The molecule has 0 saturated heterocycles. The summed E-state index contributed by atoms with van der Waals surface area (Å²) in [6.07, 6.45) is 0. The maximum atomic E-state index is 12.0. The van der Waals surface area contributed by atoms with Crippen molar-refractivity contribution >= 4 is 17.3 Å². The normalized spacial score (nSPS) is 11.1. The molecule has 0 radical (unpaired) electrons. The molecule has 112 valence electrons. The van der Waals surface area contributed by atoms with Gasteiger partial charge in [-0.15, -0.1) is 0 Å². The van der Waals surface area contributed by atoms with Crippen molar-refractivity contribution in [2.75, 3.05) is 37.9 Å². The monoisotopic (exact) mass is 280 g/mol. The Balaban J connectivity index is 2.88. The van der Waals surface area contributed by atoms with Gasteiger partial charge in [-0.2, -0.15) is 0 Å². The molecule has 1 aromatic rings. The van der Waals surface area contributed by atoms with Crippen molar-refractivity contribution in [2.45, 2.75) is 26.4 Å². The Labute approximate surface area is 120 Å². The van der Waals surface area contributed by atoms with Crippen LogP contribution >= 0.6 is 0 Å². The zero-order valence-corrected chi connectivity index (χ0v) is 12.9. The molecular formula is C15H24N2O3. The number of esters is 1. The standard InChI is InChI=1S/C15H24N2O3/c1-15(2,3)20-14(18)11-6-7-12(16-4)13(10-11)17-8-9-19-5/h6-7,10,16-17H,8-9H2,1-5H3. The molecular weight excluding hydrogens is 256 g/mol. The quantitative estimate of drug-likeness (QED) is 0.620. The van der Waals surface area contributed by atoms with Crippen molar-refractivity contribution in [2.24, 2.45) is 0 Å². The third kappa shape index (κ3) is 5.09. The Kier molecular flexibility index (Phi) is 5.82. The molecule has 2 N–H and O–H groups in total. The highest BCUT2D eigenvalue weighted by Gasteiger charge is 2.18. The molecule has 0 amide bonds. The van der Waals surface area contributed by atoms with Crippen molar-refractivity contribution in [3.63, 3.8) is 0 Å². The first-order chi connectivity index (χ1) is 9.37. The molecule has 5 nitrogen and oxygen atoms in total. The van der Waals surface area contributed by atoms with E-state index in [1.54, 1.807) is 19.2 Å². The van der Waals surface area contributed by atoms with Gasteiger partial charge in [-0.1, -0.05) is 0 Å². The first-order valence-corrected chi connectivity index (χ1v) is 6.65. The topological polar surface area (TPSA) is 59.6 Å². The molecule has 5 heteroatoms. The van der Waals surface area contributed by atoms with E-state index in [0.717, 1.165) is 11.4 Å². The number of methoxy groups -OCH3 is 1. The fourth-order valence-corrected chi connectivity index (χ4v) is 1.66. The summed E-state index contributed by atoms with van der Waals surface area (Å²) in [4.78, 5) is 12.0. The Hall–Kier alpha value is -1.75. The highest BCUT2D eigenvalue weighted by Crippen LogP contribution is 2.24. The lowest BCUT2D eigenvalue weighted by atomic mass is 10.1. The number of nitrogens with one attached hydrogen (secondary N) is 2. The van der Waals surface area contributed by atoms with Crippen LogP contribution in [-0.2, 0) is 9.47 Å². The minimum absolute atomic E-state index is 0.324. The second-order valence-corrected chi connectivity index (χ2v) is 5.43. The zero-order valence-electron chi connectivity index (χ0n) is 12.9. The molecule has 0 aliphatic rings. The summed E-state index contributed by atoms with van der Waals surface area (Å²) in [6.45, 7) is 6.82. The van der Waals surface area contributed by atoms with Gasteiger partial charge in [0.25, 0.3) is 0 Å². The first kappa shape index (κ1) is 16.3. The van der Waals surface area contributed by atoms with E-state index in [0.29, 0.717) is 18.7 Å². The van der Waals surface area contributed by atoms with Crippen molar-refractivity contribution in [3.05, 3.63) is 23.8 Å². The number of hydrogen-bond donors (Lipinski definition) is 2. The third-order valence-electron chi connectivity index (χ3n) is 2.55. The lowest BCUT2D eigenvalue weighted by Gasteiger charge is -2.20. The summed E-state index contributed by atoms with van der Waals surface area (Å²) in [7, 11) is 3.49. The SMILES string of the molecule is CNc1ccc(C(=O)OC(C)(C)C)cc1NCCOC. The van der Waals surface area contributed by atoms with Gasteiger partial charge in [0.1, 0.15) is 5.60 Å². The van der Waals surface area contributed by atoms with Crippen LogP contribution in [-0.4, -0.2) is 38.9 Å². The molecule has 1 aromatic carbocycles. The van der Waals surface area contributed by atoms with Gasteiger partial charge in [-0.25, -0.2) is 4.79 Å². The molecule has 0 atom stereocenters. The molecule has 1 rings (SSSR count). The predicted octanol–water partition coefficient (Wildman–Crippen LogP) is 2.74. The Morgan fingerprint density at radius 1 is 1.25 bits per heavy atom. The zero-order chi connectivity index (χ0) is 15.2. The molecule has 0 spiro atoms. The van der Waals surface area contributed by atoms with Crippen molar-refractivity contribution in [1.82, 2.24) is 0 Å². The molecule has 0 unspecified atom stereocenters. The van der Waals surface area contributed by atoms with E-state index in [1.807, 2.05) is 33.9 Å². The molecule has 20 heavy (non-hydrogen) atoms. The van der Waals surface area contributed by atoms with Crippen LogP contribution in [0.4, 0.5) is 11.4 Å². The van der Waals surface area contributed by atoms with Crippen molar-refractivity contribution in [1.29, 1.82) is 0 Å². The van der Waals surface area contributed by atoms with Gasteiger partial charge in [-0.05, 0) is 39.0 Å². The smallest absolute Gasteiger partial charge is 0.338 e. The summed E-state index contributed by atoms with van der Waals surface area (Å²) in [6, 6.07) is 5.39. The van der Waals surface area contributed by atoms with E-state index in [9.17, 15) is 4.79 Å². The molecule has 0 fully saturated rings. The summed E-state index contributed by atoms with van der Waals surface area (Å²) in [5, 5.41) is 6.31. The molecule has 0 saturated carbocycles. The van der Waals surface area contributed by atoms with Crippen molar-refractivity contribution < 1.29 is 14.3 Å². The van der Waals surface area contributed by atoms with E-state index in [2.05, 4.69) is 10.6 Å². The highest BCUT2D eigenvalue weighted by atomic mass is 16.6. The van der Waals surface area contributed by atoms with Gasteiger partial charge in [0.05, 0.1) is 23.5 Å². The average Bonchev–Trinajstić information content (AvgIpc) is 2.37. The van der Waals surface area contributed by atoms with Crippen LogP contribution in [0.15, 0.2) is 18.2 Å². The Bertz CT molecular complexity index is 453. The predicted molar refractivity (Wildman–Crippen MR) is 81.5 cm³/mol. The van der Waals surface area contributed by atoms with Gasteiger partial charge in [0.2, 0.25) is 0 Å². The van der Waals surface area contributed by atoms with Crippen LogP contribution in [0, 0.1) is 0 Å². The average molecular weight is 280 g/mol. The lowest BCUT2D eigenvalue weighted by Crippen LogP contribution is -2.24. The van der Waals surface area contributed by atoms with Gasteiger partial charge in [-0.3, -0.25) is 0 Å². The fourth-order valence-electron chi connectivity index (χ4n) is 1.66. The van der Waals surface area contributed by atoms with E-state index in [-0.39, 0.29) is 5.97 Å². The second-order valence-electron chi connectivity index (χ2n) is 5.43. The minimum Gasteiger partial charge on any atom is -0.456 e. The van der Waals surface area contributed by atoms with E-state index < -0.39 is 5.60 Å². The maximum Gasteiger partial charge on any atom is 0.338 e. The number of benzene rings is 1. The molecule has 0 bridgehead atoms. The van der Waals surface area contributed by atoms with Gasteiger partial charge < -0.3 is 20.1 Å². The number of carbonyl (C=O) groups is 1. The van der Waals surface area contributed by atoms with Crippen LogP contribution in [0.3, 0.4) is 0 Å². The fraction of sp³-hybridized carbons (Fsp3) is 0.533. The van der Waals surface area contributed by atoms with Gasteiger partial charge in [0, 0.05) is 20.7 Å². The highest BCUT2D eigenvalue weighted by molar-refractivity contribution is 5.92. The lowest BCUT2D eigenvalue weighted by molar-refractivity contribution is 0.00696. The molecule has 0 heterocycles. The second kappa shape index (κ2) is 7.14. The summed E-state index contributed by atoms with van der Waals surface area (Å²) >= 11 is 0. The van der Waals surface area contributed by atoms with Crippen LogP contribution in [0.5, 0.6) is 0 Å². The first-order valence-electron chi connectivity index (χ1n) is 6.65. The van der Waals surface area contributed by atoms with Crippen LogP contribution in [0.2, 0.25) is 0 Å². The van der Waals surface area contributed by atoms with E-state index in [1.165, 1.54) is 0 Å². The maximum absolute atomic E-state index is 12.0. The number of anilines is 2. The van der Waals surface area contributed by atoms with E-state index in [4.69, 9.17) is 9.47 Å². The van der Waals surface area contributed by atoms with Crippen molar-refractivity contribution in [3.8, 4) is 0 Å². The van der Waals surface area contributed by atoms with Crippen LogP contribution in [0.1, 0.15) is 31.1 Å². The molecule has 0 aromatic heterocycles. The van der Waals surface area contributed by atoms with Gasteiger partial charge in [0.15, 0.2) is 0 Å². The molecule has 0 aliphatic carbocycles. The summed E-state index contributed by atoms with van der Waals surface area (Å²) < 4.78 is 10.4. The summed E-state index contributed by atoms with van der Waals surface area (Å²) in [5.74, 6) is -0.324. The van der Waals surface area contributed by atoms with Crippen LogP contribution in [0.25, 0.3) is 0 Å². The number of ether oxygens (including phenoxy) is 2. The largest absolute Gasteiger partial charge is 0.456 e. The van der Waals surface area contributed by atoms with Crippen LogP contribution < -0.4 is 10.6 Å². The Morgan fingerprint density at radius 2 is 1.95 bits per heavy atom.